The zero-order valence-corrected chi connectivity index (χ0v) is 13.0. The van der Waals surface area contributed by atoms with Crippen LogP contribution < -0.4 is 10.1 Å². The lowest BCUT2D eigenvalue weighted by atomic mass is 10.0. The third kappa shape index (κ3) is 4.86. The van der Waals surface area contributed by atoms with Crippen LogP contribution in [0.4, 0.5) is 0 Å². The first-order valence-corrected chi connectivity index (χ1v) is 7.51. The molecule has 0 atom stereocenters. The summed E-state index contributed by atoms with van der Waals surface area (Å²) in [5, 5.41) is 11.4. The molecule has 5 nitrogen and oxygen atoms in total. The second-order valence-corrected chi connectivity index (χ2v) is 5.33. The van der Waals surface area contributed by atoms with Gasteiger partial charge in [-0.15, -0.1) is 5.10 Å². The van der Waals surface area contributed by atoms with E-state index < -0.39 is 0 Å². The lowest BCUT2D eigenvalue weighted by molar-refractivity contribution is 0.289. The van der Waals surface area contributed by atoms with Crippen molar-refractivity contribution < 1.29 is 4.74 Å². The molecule has 0 aliphatic rings. The molecule has 1 aromatic carbocycles. The Labute approximate surface area is 126 Å². The molecule has 2 rings (SSSR count). The molecule has 114 valence electrons. The van der Waals surface area contributed by atoms with E-state index >= 15 is 0 Å². The first kappa shape index (κ1) is 15.5. The molecular weight excluding hydrogens is 264 g/mol. The molecule has 0 unspecified atom stereocenters. The van der Waals surface area contributed by atoms with Crippen molar-refractivity contribution >= 4 is 0 Å². The van der Waals surface area contributed by atoms with Gasteiger partial charge in [-0.2, -0.15) is 0 Å². The van der Waals surface area contributed by atoms with Crippen LogP contribution >= 0.6 is 0 Å². The van der Waals surface area contributed by atoms with Crippen LogP contribution in [0.5, 0.6) is 5.75 Å². The molecule has 1 N–H and O–H groups in total. The standard InChI is InChI=1S/C16H24N4O/c1-4-17-11-15-12-20(19-18-15)9-10-21-16-7-5-14(6-8-16)13(2)3/h5-8,12-13,17H,4,9-11H2,1-3H3. The second kappa shape index (κ2) is 7.78. The maximum Gasteiger partial charge on any atom is 0.119 e. The molecule has 0 saturated carbocycles. The van der Waals surface area contributed by atoms with Crippen LogP contribution in [-0.4, -0.2) is 28.1 Å². The summed E-state index contributed by atoms with van der Waals surface area (Å²) in [6.07, 6.45) is 1.95. The SMILES string of the molecule is CCNCc1cn(CCOc2ccc(C(C)C)cc2)nn1. The van der Waals surface area contributed by atoms with Gasteiger partial charge in [0.15, 0.2) is 0 Å². The van der Waals surface area contributed by atoms with Gasteiger partial charge >= 0.3 is 0 Å². The maximum atomic E-state index is 5.73. The number of aromatic nitrogens is 3. The number of hydrogen-bond donors (Lipinski definition) is 1. The molecule has 0 amide bonds. The number of benzene rings is 1. The molecule has 0 bridgehead atoms. The Hall–Kier alpha value is -1.88. The first-order valence-electron chi connectivity index (χ1n) is 7.51. The average Bonchev–Trinajstić information content (AvgIpc) is 2.93. The largest absolute Gasteiger partial charge is 0.492 e. The van der Waals surface area contributed by atoms with Crippen LogP contribution in [0.2, 0.25) is 0 Å². The van der Waals surface area contributed by atoms with E-state index in [-0.39, 0.29) is 0 Å². The molecule has 5 heteroatoms. The molecule has 1 aromatic heterocycles. The van der Waals surface area contributed by atoms with Crippen LogP contribution in [0, 0.1) is 0 Å². The summed E-state index contributed by atoms with van der Waals surface area (Å²) in [6, 6.07) is 8.27. The van der Waals surface area contributed by atoms with Gasteiger partial charge in [-0.25, -0.2) is 4.68 Å². The number of rotatable bonds is 8. The molecule has 0 saturated heterocycles. The molecule has 0 spiro atoms. The van der Waals surface area contributed by atoms with Crippen molar-refractivity contribution in [1.29, 1.82) is 0 Å². The Morgan fingerprint density at radius 1 is 1.24 bits per heavy atom. The summed E-state index contributed by atoms with van der Waals surface area (Å²) in [5.74, 6) is 1.44. The second-order valence-electron chi connectivity index (χ2n) is 5.33. The van der Waals surface area contributed by atoms with Crippen molar-refractivity contribution in [2.45, 2.75) is 39.8 Å². The van der Waals surface area contributed by atoms with Gasteiger partial charge < -0.3 is 10.1 Å². The van der Waals surface area contributed by atoms with E-state index in [0.29, 0.717) is 19.1 Å². The summed E-state index contributed by atoms with van der Waals surface area (Å²) in [4.78, 5) is 0. The minimum Gasteiger partial charge on any atom is -0.492 e. The fraction of sp³-hybridized carbons (Fsp3) is 0.500. The third-order valence-corrected chi connectivity index (χ3v) is 3.28. The van der Waals surface area contributed by atoms with Gasteiger partial charge in [0, 0.05) is 12.7 Å². The maximum absolute atomic E-state index is 5.73. The topological polar surface area (TPSA) is 52.0 Å². The smallest absolute Gasteiger partial charge is 0.119 e. The van der Waals surface area contributed by atoms with Gasteiger partial charge in [-0.05, 0) is 30.2 Å². The molecule has 0 radical (unpaired) electrons. The molecule has 0 fully saturated rings. The highest BCUT2D eigenvalue weighted by Gasteiger charge is 2.02. The number of nitrogens with zero attached hydrogens (tertiary/aromatic N) is 3. The quantitative estimate of drug-likeness (QED) is 0.811. The van der Waals surface area contributed by atoms with Crippen LogP contribution in [-0.2, 0) is 13.1 Å². The van der Waals surface area contributed by atoms with E-state index in [1.807, 2.05) is 23.0 Å². The summed E-state index contributed by atoms with van der Waals surface area (Å²) in [7, 11) is 0. The fourth-order valence-corrected chi connectivity index (χ4v) is 1.99. The number of ether oxygens (including phenoxy) is 1. The van der Waals surface area contributed by atoms with Gasteiger partial charge in [-0.3, -0.25) is 0 Å². The Morgan fingerprint density at radius 2 is 2.00 bits per heavy atom. The predicted octanol–water partition coefficient (Wildman–Crippen LogP) is 2.59. The van der Waals surface area contributed by atoms with Gasteiger partial charge in [0.25, 0.3) is 0 Å². The van der Waals surface area contributed by atoms with Crippen molar-refractivity contribution in [1.82, 2.24) is 20.3 Å². The molecule has 2 aromatic rings. The summed E-state index contributed by atoms with van der Waals surface area (Å²) >= 11 is 0. The van der Waals surface area contributed by atoms with Crippen molar-refractivity contribution in [3.63, 3.8) is 0 Å². The van der Waals surface area contributed by atoms with Gasteiger partial charge in [0.2, 0.25) is 0 Å². The van der Waals surface area contributed by atoms with Gasteiger partial charge in [-0.1, -0.05) is 38.1 Å². The number of hydrogen-bond acceptors (Lipinski definition) is 4. The minimum absolute atomic E-state index is 0.546. The Kier molecular flexibility index (Phi) is 5.75. The molecule has 0 aliphatic carbocycles. The van der Waals surface area contributed by atoms with Gasteiger partial charge in [0.1, 0.15) is 12.4 Å². The molecule has 0 aliphatic heterocycles. The minimum atomic E-state index is 0.546. The van der Waals surface area contributed by atoms with E-state index in [4.69, 9.17) is 4.74 Å². The Balaban J connectivity index is 1.77. The zero-order valence-electron chi connectivity index (χ0n) is 13.0. The first-order chi connectivity index (χ1) is 10.2. The lowest BCUT2D eigenvalue weighted by Crippen LogP contribution is -2.12. The molecule has 1 heterocycles. The van der Waals surface area contributed by atoms with E-state index in [1.165, 1.54) is 5.56 Å². The van der Waals surface area contributed by atoms with Gasteiger partial charge in [0.05, 0.1) is 12.2 Å². The number of nitrogens with one attached hydrogen (secondary N) is 1. The van der Waals surface area contributed by atoms with E-state index in [0.717, 1.165) is 24.5 Å². The Bertz CT molecular complexity index is 533. The van der Waals surface area contributed by atoms with Crippen LogP contribution in [0.1, 0.15) is 37.9 Å². The van der Waals surface area contributed by atoms with Crippen molar-refractivity contribution in [3.05, 3.63) is 41.7 Å². The normalized spacial score (nSPS) is 11.0. The van der Waals surface area contributed by atoms with E-state index in [2.05, 4.69) is 48.5 Å². The molecule has 21 heavy (non-hydrogen) atoms. The highest BCUT2D eigenvalue weighted by Crippen LogP contribution is 2.18. The van der Waals surface area contributed by atoms with Crippen LogP contribution in [0.25, 0.3) is 0 Å². The van der Waals surface area contributed by atoms with E-state index in [1.54, 1.807) is 0 Å². The van der Waals surface area contributed by atoms with Crippen LogP contribution in [0.15, 0.2) is 30.5 Å². The van der Waals surface area contributed by atoms with Crippen molar-refractivity contribution in [2.24, 2.45) is 0 Å². The monoisotopic (exact) mass is 288 g/mol. The summed E-state index contributed by atoms with van der Waals surface area (Å²) in [5.41, 5.74) is 2.28. The highest BCUT2D eigenvalue weighted by atomic mass is 16.5. The predicted molar refractivity (Wildman–Crippen MR) is 83.4 cm³/mol. The highest BCUT2D eigenvalue weighted by molar-refractivity contribution is 5.28. The zero-order chi connectivity index (χ0) is 15.1. The Morgan fingerprint density at radius 3 is 2.67 bits per heavy atom. The van der Waals surface area contributed by atoms with Crippen LogP contribution in [0.3, 0.4) is 0 Å². The summed E-state index contributed by atoms with van der Waals surface area (Å²) < 4.78 is 7.55. The lowest BCUT2D eigenvalue weighted by Gasteiger charge is -2.08. The van der Waals surface area contributed by atoms with Crippen molar-refractivity contribution in [3.8, 4) is 5.75 Å². The van der Waals surface area contributed by atoms with E-state index in [9.17, 15) is 0 Å². The van der Waals surface area contributed by atoms with Crippen molar-refractivity contribution in [2.75, 3.05) is 13.2 Å². The average molecular weight is 288 g/mol. The third-order valence-electron chi connectivity index (χ3n) is 3.28. The molecular formula is C16H24N4O. The fourth-order valence-electron chi connectivity index (χ4n) is 1.99. The summed E-state index contributed by atoms with van der Waals surface area (Å²) in [6.45, 7) is 9.42.